The largest absolute Gasteiger partial charge is 0.507 e. The van der Waals surface area contributed by atoms with Gasteiger partial charge in [0.15, 0.2) is 0 Å². The molecule has 3 N–H and O–H groups in total. The average molecular weight is 425 g/mol. The van der Waals surface area contributed by atoms with Crippen LogP contribution < -0.4 is 4.74 Å². The van der Waals surface area contributed by atoms with Crippen LogP contribution in [0.1, 0.15) is 61.0 Å². The van der Waals surface area contributed by atoms with Crippen LogP contribution in [0.2, 0.25) is 0 Å². The van der Waals surface area contributed by atoms with E-state index in [4.69, 9.17) is 4.74 Å². The second-order valence-corrected chi connectivity index (χ2v) is 8.19. The minimum Gasteiger partial charge on any atom is -0.507 e. The SMILES string of the molecule is C=C[C@H]([C@H](O)CC/C(=C/c1cc(C)c(O)c(C)c1)CCC)[C@H](O)c1ccc(OC)cc1. The monoisotopic (exact) mass is 424 g/mol. The zero-order valence-corrected chi connectivity index (χ0v) is 19.1. The van der Waals surface area contributed by atoms with Gasteiger partial charge in [0, 0.05) is 5.92 Å². The Labute approximate surface area is 186 Å². The van der Waals surface area contributed by atoms with Crippen molar-refractivity contribution in [1.82, 2.24) is 0 Å². The molecule has 0 saturated carbocycles. The summed E-state index contributed by atoms with van der Waals surface area (Å²) < 4.78 is 5.17. The van der Waals surface area contributed by atoms with Crippen LogP contribution in [0, 0.1) is 19.8 Å². The maximum atomic E-state index is 10.8. The van der Waals surface area contributed by atoms with Gasteiger partial charge < -0.3 is 20.1 Å². The van der Waals surface area contributed by atoms with Crippen LogP contribution >= 0.6 is 0 Å². The van der Waals surface area contributed by atoms with E-state index in [-0.39, 0.29) is 0 Å². The van der Waals surface area contributed by atoms with Crippen LogP contribution in [0.4, 0.5) is 0 Å². The van der Waals surface area contributed by atoms with Gasteiger partial charge in [0.25, 0.3) is 0 Å². The van der Waals surface area contributed by atoms with Crippen molar-refractivity contribution in [3.05, 3.63) is 76.9 Å². The first kappa shape index (κ1) is 24.7. The molecule has 0 aliphatic carbocycles. The molecule has 4 nitrogen and oxygen atoms in total. The quantitative estimate of drug-likeness (QED) is 0.394. The predicted octanol–water partition coefficient (Wildman–Crippen LogP) is 5.88. The van der Waals surface area contributed by atoms with Crippen LogP contribution in [0.25, 0.3) is 6.08 Å². The smallest absolute Gasteiger partial charge is 0.121 e. The Morgan fingerprint density at radius 1 is 1.06 bits per heavy atom. The minimum atomic E-state index is -0.834. The Balaban J connectivity index is 2.11. The van der Waals surface area contributed by atoms with E-state index in [0.29, 0.717) is 12.2 Å². The Kier molecular flexibility index (Phi) is 9.35. The van der Waals surface area contributed by atoms with Gasteiger partial charge in [-0.1, -0.05) is 43.2 Å². The maximum absolute atomic E-state index is 10.8. The molecule has 0 aromatic heterocycles. The fourth-order valence-electron chi connectivity index (χ4n) is 3.94. The van der Waals surface area contributed by atoms with Gasteiger partial charge in [0.05, 0.1) is 19.3 Å². The molecule has 0 saturated heterocycles. The standard InChI is InChI=1S/C27H36O4/c1-6-8-20(17-21-15-18(3)26(29)19(4)16-21)9-14-25(28)24(7-2)27(30)22-10-12-23(31-5)13-11-22/h7,10-13,15-17,24-25,27-30H,2,6,8-9,14H2,1,3-5H3/b20-17+/t24-,25-,27-/m1/s1. The van der Waals surface area contributed by atoms with Crippen molar-refractivity contribution >= 4 is 6.08 Å². The van der Waals surface area contributed by atoms with Crippen molar-refractivity contribution in [3.63, 3.8) is 0 Å². The molecule has 0 radical (unpaired) electrons. The minimum absolute atomic E-state index is 0.339. The van der Waals surface area contributed by atoms with Gasteiger partial charge in [-0.3, -0.25) is 0 Å². The van der Waals surface area contributed by atoms with Crippen molar-refractivity contribution in [2.45, 2.75) is 58.7 Å². The predicted molar refractivity (Wildman–Crippen MR) is 127 cm³/mol. The summed E-state index contributed by atoms with van der Waals surface area (Å²) in [4.78, 5) is 0. The van der Waals surface area contributed by atoms with E-state index < -0.39 is 18.1 Å². The summed E-state index contributed by atoms with van der Waals surface area (Å²) in [5, 5.41) is 31.6. The molecule has 2 aromatic carbocycles. The van der Waals surface area contributed by atoms with Crippen LogP contribution in [-0.4, -0.2) is 28.5 Å². The molecule has 0 bridgehead atoms. The average Bonchev–Trinajstić information content (AvgIpc) is 2.76. The van der Waals surface area contributed by atoms with Gasteiger partial charge in [-0.25, -0.2) is 0 Å². The van der Waals surface area contributed by atoms with Gasteiger partial charge in [-0.15, -0.1) is 6.58 Å². The van der Waals surface area contributed by atoms with Crippen molar-refractivity contribution < 1.29 is 20.1 Å². The summed E-state index contributed by atoms with van der Waals surface area (Å²) in [7, 11) is 1.60. The van der Waals surface area contributed by atoms with E-state index in [1.54, 1.807) is 25.3 Å². The molecular weight excluding hydrogens is 388 g/mol. The third kappa shape index (κ3) is 6.71. The first-order chi connectivity index (χ1) is 14.8. The van der Waals surface area contributed by atoms with Gasteiger partial charge in [0.1, 0.15) is 11.5 Å². The Bertz CT molecular complexity index is 860. The zero-order chi connectivity index (χ0) is 23.0. The summed E-state index contributed by atoms with van der Waals surface area (Å²) in [5.74, 6) is 0.598. The number of allylic oxidation sites excluding steroid dienone is 1. The molecule has 0 aliphatic heterocycles. The summed E-state index contributed by atoms with van der Waals surface area (Å²) in [6.45, 7) is 9.78. The number of aromatic hydroxyl groups is 1. The highest BCUT2D eigenvalue weighted by molar-refractivity contribution is 5.58. The lowest BCUT2D eigenvalue weighted by atomic mass is 9.87. The van der Waals surface area contributed by atoms with Gasteiger partial charge in [-0.05, 0) is 79.6 Å². The normalized spacial score (nSPS) is 14.7. The van der Waals surface area contributed by atoms with Crippen LogP contribution in [0.15, 0.2) is 54.6 Å². The molecule has 0 fully saturated rings. The number of aryl methyl sites for hydroxylation is 2. The fourth-order valence-corrected chi connectivity index (χ4v) is 3.94. The molecule has 2 aromatic rings. The van der Waals surface area contributed by atoms with Crippen LogP contribution in [0.5, 0.6) is 11.5 Å². The second-order valence-electron chi connectivity index (χ2n) is 8.19. The molecule has 0 heterocycles. The number of benzene rings is 2. The summed E-state index contributed by atoms with van der Waals surface area (Å²) in [6.07, 6.45) is 5.45. The number of rotatable bonds is 11. The molecular formula is C27H36O4. The first-order valence-corrected chi connectivity index (χ1v) is 10.9. The number of aliphatic hydroxyl groups excluding tert-OH is 2. The summed E-state index contributed by atoms with van der Waals surface area (Å²) in [5.41, 5.74) is 4.74. The maximum Gasteiger partial charge on any atom is 0.121 e. The highest BCUT2D eigenvalue weighted by Crippen LogP contribution is 2.31. The molecule has 0 amide bonds. The van der Waals surface area contributed by atoms with E-state index in [9.17, 15) is 15.3 Å². The number of phenolic OH excluding ortho intramolecular Hbond substituents is 1. The van der Waals surface area contributed by atoms with Gasteiger partial charge in [0.2, 0.25) is 0 Å². The molecule has 168 valence electrons. The van der Waals surface area contributed by atoms with Crippen molar-refractivity contribution in [2.24, 2.45) is 5.92 Å². The van der Waals surface area contributed by atoms with E-state index in [1.807, 2.05) is 38.1 Å². The number of methoxy groups -OCH3 is 1. The third-order valence-electron chi connectivity index (χ3n) is 5.75. The summed E-state index contributed by atoms with van der Waals surface area (Å²) in [6, 6.07) is 11.2. The van der Waals surface area contributed by atoms with Crippen molar-refractivity contribution in [2.75, 3.05) is 7.11 Å². The lowest BCUT2D eigenvalue weighted by Crippen LogP contribution is -2.25. The topological polar surface area (TPSA) is 69.9 Å². The van der Waals surface area contributed by atoms with E-state index in [2.05, 4.69) is 19.6 Å². The van der Waals surface area contributed by atoms with E-state index >= 15 is 0 Å². The highest BCUT2D eigenvalue weighted by atomic mass is 16.5. The molecule has 0 spiro atoms. The molecule has 3 atom stereocenters. The fraction of sp³-hybridized carbons (Fsp3) is 0.407. The zero-order valence-electron chi connectivity index (χ0n) is 19.1. The third-order valence-corrected chi connectivity index (χ3v) is 5.75. The first-order valence-electron chi connectivity index (χ1n) is 10.9. The molecule has 2 rings (SSSR count). The number of phenols is 1. The van der Waals surface area contributed by atoms with E-state index in [0.717, 1.165) is 47.3 Å². The van der Waals surface area contributed by atoms with Crippen molar-refractivity contribution in [3.8, 4) is 11.5 Å². The molecule has 4 heteroatoms. The number of ether oxygens (including phenoxy) is 1. The Hall–Kier alpha value is -2.56. The van der Waals surface area contributed by atoms with Gasteiger partial charge >= 0.3 is 0 Å². The lowest BCUT2D eigenvalue weighted by molar-refractivity contribution is 0.0318. The molecule has 31 heavy (non-hydrogen) atoms. The Morgan fingerprint density at radius 3 is 2.19 bits per heavy atom. The number of hydrogen-bond donors (Lipinski definition) is 3. The van der Waals surface area contributed by atoms with Crippen LogP contribution in [0.3, 0.4) is 0 Å². The highest BCUT2D eigenvalue weighted by Gasteiger charge is 2.25. The lowest BCUT2D eigenvalue weighted by Gasteiger charge is -2.25. The van der Waals surface area contributed by atoms with Gasteiger partial charge in [-0.2, -0.15) is 0 Å². The number of aliphatic hydroxyl groups is 2. The second kappa shape index (κ2) is 11.7. The summed E-state index contributed by atoms with van der Waals surface area (Å²) >= 11 is 0. The Morgan fingerprint density at radius 2 is 1.68 bits per heavy atom. The molecule has 0 unspecified atom stereocenters. The number of hydrogen-bond acceptors (Lipinski definition) is 4. The van der Waals surface area contributed by atoms with E-state index in [1.165, 1.54) is 5.57 Å². The van der Waals surface area contributed by atoms with Crippen LogP contribution in [-0.2, 0) is 0 Å². The molecule has 0 aliphatic rings. The van der Waals surface area contributed by atoms with Crippen molar-refractivity contribution in [1.29, 1.82) is 0 Å².